The van der Waals surface area contributed by atoms with Crippen LogP contribution in [0, 0.1) is 11.7 Å². The summed E-state index contributed by atoms with van der Waals surface area (Å²) >= 11 is 0. The normalized spacial score (nSPS) is 14.9. The lowest BCUT2D eigenvalue weighted by Crippen LogP contribution is -2.18. The van der Waals surface area contributed by atoms with Crippen molar-refractivity contribution in [1.82, 2.24) is 9.78 Å². The zero-order chi connectivity index (χ0) is 14.8. The average Bonchev–Trinajstić information content (AvgIpc) is 2.84. The number of aliphatic carboxylic acids is 1. The first kappa shape index (κ1) is 13.8. The van der Waals surface area contributed by atoms with E-state index in [4.69, 9.17) is 5.11 Å². The van der Waals surface area contributed by atoms with Gasteiger partial charge in [0.1, 0.15) is 5.82 Å². The third kappa shape index (κ3) is 3.12. The van der Waals surface area contributed by atoms with Crippen LogP contribution in [0.2, 0.25) is 0 Å². The Morgan fingerprint density at radius 2 is 2.19 bits per heavy atom. The highest BCUT2D eigenvalue weighted by atomic mass is 19.1. The fourth-order valence-corrected chi connectivity index (χ4v) is 2.60. The number of carboxylic acids is 1. The van der Waals surface area contributed by atoms with Gasteiger partial charge >= 0.3 is 5.97 Å². The Balaban J connectivity index is 1.83. The van der Waals surface area contributed by atoms with Crippen LogP contribution in [0.3, 0.4) is 0 Å². The number of benzene rings is 1. The van der Waals surface area contributed by atoms with Crippen molar-refractivity contribution in [3.8, 4) is 11.3 Å². The summed E-state index contributed by atoms with van der Waals surface area (Å²) in [5.41, 5.74) is 1.49. The summed E-state index contributed by atoms with van der Waals surface area (Å²) in [5.74, 6) is -0.623. The Labute approximate surface area is 122 Å². The summed E-state index contributed by atoms with van der Waals surface area (Å²) < 4.78 is 15.8. The van der Waals surface area contributed by atoms with Crippen LogP contribution in [0.5, 0.6) is 0 Å². The van der Waals surface area contributed by atoms with E-state index in [-0.39, 0.29) is 12.2 Å². The van der Waals surface area contributed by atoms with Gasteiger partial charge in [-0.15, -0.1) is 0 Å². The summed E-state index contributed by atoms with van der Waals surface area (Å²) in [7, 11) is 0. The van der Waals surface area contributed by atoms with Gasteiger partial charge in [-0.05, 0) is 42.5 Å². The summed E-state index contributed by atoms with van der Waals surface area (Å²) in [5, 5.41) is 13.2. The summed E-state index contributed by atoms with van der Waals surface area (Å²) in [6, 6.07) is 6.15. The molecule has 4 nitrogen and oxygen atoms in total. The third-order valence-corrected chi connectivity index (χ3v) is 3.97. The molecule has 0 unspecified atom stereocenters. The molecule has 1 heterocycles. The Morgan fingerprint density at radius 1 is 1.38 bits per heavy atom. The van der Waals surface area contributed by atoms with Gasteiger partial charge in [0, 0.05) is 18.3 Å². The van der Waals surface area contributed by atoms with Crippen molar-refractivity contribution >= 4 is 5.97 Å². The Morgan fingerprint density at radius 3 is 2.86 bits per heavy atom. The quantitative estimate of drug-likeness (QED) is 0.919. The molecule has 0 saturated heterocycles. The van der Waals surface area contributed by atoms with Gasteiger partial charge in [0.25, 0.3) is 0 Å². The maximum absolute atomic E-state index is 13.9. The number of carboxylic acid groups (broad SMARTS) is 1. The lowest BCUT2D eigenvalue weighted by molar-refractivity contribution is -0.136. The molecule has 0 bridgehead atoms. The van der Waals surface area contributed by atoms with Crippen molar-refractivity contribution in [2.24, 2.45) is 5.92 Å². The van der Waals surface area contributed by atoms with Crippen LogP contribution in [0.1, 0.15) is 24.8 Å². The molecule has 1 aliphatic rings. The molecule has 0 aliphatic heterocycles. The molecule has 0 radical (unpaired) electrons. The van der Waals surface area contributed by atoms with Gasteiger partial charge in [0.15, 0.2) is 0 Å². The van der Waals surface area contributed by atoms with Crippen LogP contribution in [0.4, 0.5) is 4.39 Å². The Kier molecular flexibility index (Phi) is 3.73. The zero-order valence-electron chi connectivity index (χ0n) is 11.6. The van der Waals surface area contributed by atoms with E-state index < -0.39 is 5.97 Å². The van der Waals surface area contributed by atoms with Gasteiger partial charge in [-0.3, -0.25) is 9.48 Å². The third-order valence-electron chi connectivity index (χ3n) is 3.97. The molecule has 3 rings (SSSR count). The zero-order valence-corrected chi connectivity index (χ0v) is 11.6. The van der Waals surface area contributed by atoms with Gasteiger partial charge in [0.05, 0.1) is 12.1 Å². The van der Waals surface area contributed by atoms with Gasteiger partial charge in [-0.25, -0.2) is 4.39 Å². The number of carbonyl (C=O) groups is 1. The molecule has 0 spiro atoms. The van der Waals surface area contributed by atoms with E-state index in [1.807, 2.05) is 10.9 Å². The van der Waals surface area contributed by atoms with E-state index in [0.717, 1.165) is 6.54 Å². The number of rotatable bonds is 5. The van der Waals surface area contributed by atoms with Gasteiger partial charge in [-0.1, -0.05) is 12.5 Å². The second-order valence-electron chi connectivity index (χ2n) is 5.60. The molecule has 21 heavy (non-hydrogen) atoms. The van der Waals surface area contributed by atoms with E-state index in [2.05, 4.69) is 5.10 Å². The fourth-order valence-electron chi connectivity index (χ4n) is 2.60. The second-order valence-corrected chi connectivity index (χ2v) is 5.60. The van der Waals surface area contributed by atoms with Crippen LogP contribution >= 0.6 is 0 Å². The topological polar surface area (TPSA) is 55.1 Å². The smallest absolute Gasteiger partial charge is 0.307 e. The number of hydrogen-bond donors (Lipinski definition) is 1. The molecule has 1 aromatic carbocycles. The van der Waals surface area contributed by atoms with E-state index >= 15 is 0 Å². The first-order valence-corrected chi connectivity index (χ1v) is 7.16. The average molecular weight is 288 g/mol. The fraction of sp³-hybridized carbons (Fsp3) is 0.375. The molecular weight excluding hydrogens is 271 g/mol. The van der Waals surface area contributed by atoms with E-state index in [0.29, 0.717) is 22.7 Å². The monoisotopic (exact) mass is 288 g/mol. The number of nitrogens with zero attached hydrogens (tertiary/aromatic N) is 2. The van der Waals surface area contributed by atoms with Crippen molar-refractivity contribution in [2.45, 2.75) is 32.2 Å². The molecule has 5 heteroatoms. The highest BCUT2D eigenvalue weighted by Gasteiger charge is 2.18. The van der Waals surface area contributed by atoms with Crippen LogP contribution in [0.15, 0.2) is 30.5 Å². The second kappa shape index (κ2) is 5.68. The van der Waals surface area contributed by atoms with Crippen molar-refractivity contribution < 1.29 is 14.3 Å². The molecule has 1 fully saturated rings. The van der Waals surface area contributed by atoms with Crippen molar-refractivity contribution in [3.63, 3.8) is 0 Å². The predicted octanol–water partition coefficient (Wildman–Crippen LogP) is 3.12. The standard InChI is InChI=1S/C16H17FN2O2/c17-14-5-4-12(9-16(20)21)8-13(14)15-6-7-19(18-15)10-11-2-1-3-11/h4-8,11H,1-3,9-10H2,(H,20,21). The molecule has 1 saturated carbocycles. The minimum absolute atomic E-state index is 0.115. The van der Waals surface area contributed by atoms with E-state index in [1.54, 1.807) is 12.1 Å². The van der Waals surface area contributed by atoms with E-state index in [1.165, 1.54) is 31.4 Å². The molecule has 110 valence electrons. The van der Waals surface area contributed by atoms with Crippen molar-refractivity contribution in [2.75, 3.05) is 0 Å². The molecule has 0 amide bonds. The number of halogens is 1. The molecule has 1 aliphatic carbocycles. The maximum Gasteiger partial charge on any atom is 0.307 e. The molecular formula is C16H17FN2O2. The molecule has 1 aromatic heterocycles. The highest BCUT2D eigenvalue weighted by molar-refractivity contribution is 5.71. The first-order chi connectivity index (χ1) is 10.1. The van der Waals surface area contributed by atoms with Crippen LogP contribution < -0.4 is 0 Å². The SMILES string of the molecule is O=C(O)Cc1ccc(F)c(-c2ccn(CC3CCC3)n2)c1. The number of aromatic nitrogens is 2. The molecule has 2 aromatic rings. The maximum atomic E-state index is 13.9. The summed E-state index contributed by atoms with van der Waals surface area (Å²) in [6.07, 6.45) is 5.49. The lowest BCUT2D eigenvalue weighted by atomic mass is 9.85. The predicted molar refractivity (Wildman–Crippen MR) is 76.3 cm³/mol. The van der Waals surface area contributed by atoms with Crippen LogP contribution in [-0.2, 0) is 17.8 Å². The highest BCUT2D eigenvalue weighted by Crippen LogP contribution is 2.28. The Bertz CT molecular complexity index is 662. The summed E-state index contributed by atoms with van der Waals surface area (Å²) in [4.78, 5) is 10.8. The van der Waals surface area contributed by atoms with Gasteiger partial charge < -0.3 is 5.11 Å². The van der Waals surface area contributed by atoms with Gasteiger partial charge in [-0.2, -0.15) is 5.10 Å². The van der Waals surface area contributed by atoms with Crippen LogP contribution in [-0.4, -0.2) is 20.9 Å². The van der Waals surface area contributed by atoms with Gasteiger partial charge in [0.2, 0.25) is 0 Å². The summed E-state index contributed by atoms with van der Waals surface area (Å²) in [6.45, 7) is 0.871. The molecule has 1 N–H and O–H groups in total. The minimum atomic E-state index is -0.928. The number of hydrogen-bond acceptors (Lipinski definition) is 2. The minimum Gasteiger partial charge on any atom is -0.481 e. The Hall–Kier alpha value is -2.17. The van der Waals surface area contributed by atoms with Crippen LogP contribution in [0.25, 0.3) is 11.3 Å². The largest absolute Gasteiger partial charge is 0.481 e. The molecule has 0 atom stereocenters. The van der Waals surface area contributed by atoms with Crippen molar-refractivity contribution in [3.05, 3.63) is 41.8 Å². The van der Waals surface area contributed by atoms with E-state index in [9.17, 15) is 9.18 Å². The lowest BCUT2D eigenvalue weighted by Gasteiger charge is -2.24. The first-order valence-electron chi connectivity index (χ1n) is 7.16. The van der Waals surface area contributed by atoms with Crippen molar-refractivity contribution in [1.29, 1.82) is 0 Å².